The van der Waals surface area contributed by atoms with Crippen LogP contribution in [0.4, 0.5) is 0 Å². The highest BCUT2D eigenvalue weighted by atomic mass is 16.5. The van der Waals surface area contributed by atoms with Gasteiger partial charge in [-0.15, -0.1) is 0 Å². The van der Waals surface area contributed by atoms with Crippen molar-refractivity contribution >= 4 is 18.1 Å². The average molecular weight is 374 g/mol. The largest absolute Gasteiger partial charge is 0.497 e. The Morgan fingerprint density at radius 3 is 2.07 bits per heavy atom. The topological polar surface area (TPSA) is 44.8 Å². The fourth-order valence-electron chi connectivity index (χ4n) is 2.94. The third kappa shape index (κ3) is 4.23. The van der Waals surface area contributed by atoms with Crippen molar-refractivity contribution in [1.82, 2.24) is 0 Å². The number of esters is 1. The number of rotatable bonds is 6. The first kappa shape index (κ1) is 19.2. The van der Waals surface area contributed by atoms with E-state index < -0.39 is 5.97 Å². The van der Waals surface area contributed by atoms with Crippen LogP contribution in [-0.2, 0) is 4.74 Å². The lowest BCUT2D eigenvalue weighted by molar-refractivity contribution is 0.0597. The van der Waals surface area contributed by atoms with Crippen molar-refractivity contribution in [3.05, 3.63) is 83.4 Å². The molecule has 4 heteroatoms. The van der Waals surface area contributed by atoms with Crippen molar-refractivity contribution in [3.8, 4) is 22.6 Å². The number of carbonyl (C=O) groups excluding carboxylic acids is 1. The summed E-state index contributed by atoms with van der Waals surface area (Å²) in [6, 6.07) is 21.9. The van der Waals surface area contributed by atoms with Crippen molar-refractivity contribution in [2.45, 2.75) is 0 Å². The highest BCUT2D eigenvalue weighted by molar-refractivity contribution is 5.98. The van der Waals surface area contributed by atoms with Crippen LogP contribution in [0, 0.1) is 0 Å². The third-order valence-electron chi connectivity index (χ3n) is 4.42. The van der Waals surface area contributed by atoms with Gasteiger partial charge >= 0.3 is 5.97 Å². The van der Waals surface area contributed by atoms with Crippen molar-refractivity contribution in [3.63, 3.8) is 0 Å². The number of benzene rings is 3. The van der Waals surface area contributed by atoms with Gasteiger partial charge in [-0.05, 0) is 28.3 Å². The maximum absolute atomic E-state index is 12.2. The van der Waals surface area contributed by atoms with Crippen molar-refractivity contribution in [2.75, 3.05) is 21.3 Å². The summed E-state index contributed by atoms with van der Waals surface area (Å²) < 4.78 is 15.6. The molecule has 142 valence electrons. The SMILES string of the molecule is COC(=O)c1c(/C=C/c2ccc(-c3ccccc3)cc2)cc(OC)cc1OC. The lowest BCUT2D eigenvalue weighted by Crippen LogP contribution is -2.07. The second-order valence-electron chi connectivity index (χ2n) is 6.11. The number of ether oxygens (including phenoxy) is 3. The fourth-order valence-corrected chi connectivity index (χ4v) is 2.94. The zero-order valence-electron chi connectivity index (χ0n) is 16.1. The van der Waals surface area contributed by atoms with Crippen LogP contribution in [0.15, 0.2) is 66.7 Å². The zero-order chi connectivity index (χ0) is 19.9. The van der Waals surface area contributed by atoms with Gasteiger partial charge in [0, 0.05) is 6.07 Å². The van der Waals surface area contributed by atoms with Gasteiger partial charge in [0.1, 0.15) is 17.1 Å². The summed E-state index contributed by atoms with van der Waals surface area (Å²) in [7, 11) is 4.43. The van der Waals surface area contributed by atoms with E-state index in [1.807, 2.05) is 42.5 Å². The monoisotopic (exact) mass is 374 g/mol. The Morgan fingerprint density at radius 1 is 0.786 bits per heavy atom. The second-order valence-corrected chi connectivity index (χ2v) is 6.11. The Bertz CT molecular complexity index is 973. The van der Waals surface area contributed by atoms with Gasteiger partial charge in [0.05, 0.1) is 21.3 Å². The summed E-state index contributed by atoms with van der Waals surface area (Å²) in [5, 5.41) is 0. The molecule has 0 aromatic heterocycles. The number of hydrogen-bond donors (Lipinski definition) is 0. The standard InChI is InChI=1S/C24H22O4/c1-26-21-15-20(23(24(25)28-3)22(16-21)27-2)14-11-17-9-12-19(13-10-17)18-7-5-4-6-8-18/h4-16H,1-3H3/b14-11+. The summed E-state index contributed by atoms with van der Waals surface area (Å²) >= 11 is 0. The molecule has 0 aliphatic heterocycles. The molecule has 28 heavy (non-hydrogen) atoms. The van der Waals surface area contributed by atoms with Gasteiger partial charge < -0.3 is 14.2 Å². The molecule has 0 atom stereocenters. The molecule has 0 saturated carbocycles. The second kappa shape index (κ2) is 8.91. The number of methoxy groups -OCH3 is 3. The van der Waals surface area contributed by atoms with Gasteiger partial charge in [-0.3, -0.25) is 0 Å². The Labute approximate surface area is 165 Å². The first-order chi connectivity index (χ1) is 13.7. The van der Waals surface area contributed by atoms with Gasteiger partial charge in [0.15, 0.2) is 0 Å². The molecule has 0 unspecified atom stereocenters. The predicted molar refractivity (Wildman–Crippen MR) is 112 cm³/mol. The first-order valence-corrected chi connectivity index (χ1v) is 8.84. The van der Waals surface area contributed by atoms with E-state index in [4.69, 9.17) is 14.2 Å². The molecule has 0 aliphatic carbocycles. The molecule has 0 amide bonds. The molecular formula is C24H22O4. The van der Waals surface area contributed by atoms with Crippen molar-refractivity contribution < 1.29 is 19.0 Å². The molecule has 4 nitrogen and oxygen atoms in total. The van der Waals surface area contributed by atoms with Crippen LogP contribution in [-0.4, -0.2) is 27.3 Å². The molecule has 3 aromatic carbocycles. The van der Waals surface area contributed by atoms with Crippen LogP contribution in [0.5, 0.6) is 11.5 Å². The fraction of sp³-hybridized carbons (Fsp3) is 0.125. The lowest BCUT2D eigenvalue weighted by Gasteiger charge is -2.12. The smallest absolute Gasteiger partial charge is 0.342 e. The van der Waals surface area contributed by atoms with E-state index in [-0.39, 0.29) is 0 Å². The zero-order valence-corrected chi connectivity index (χ0v) is 16.1. The van der Waals surface area contributed by atoms with Crippen LogP contribution < -0.4 is 9.47 Å². The molecule has 3 rings (SSSR count). The van der Waals surface area contributed by atoms with E-state index in [1.165, 1.54) is 19.8 Å². The molecule has 0 spiro atoms. The molecule has 0 radical (unpaired) electrons. The van der Waals surface area contributed by atoms with Crippen LogP contribution in [0.2, 0.25) is 0 Å². The van der Waals surface area contributed by atoms with Crippen LogP contribution in [0.25, 0.3) is 23.3 Å². The number of carbonyl (C=O) groups is 1. The average Bonchev–Trinajstić information content (AvgIpc) is 2.77. The van der Waals surface area contributed by atoms with Crippen molar-refractivity contribution in [1.29, 1.82) is 0 Å². The predicted octanol–water partition coefficient (Wildman–Crippen LogP) is 5.33. The summed E-state index contributed by atoms with van der Waals surface area (Å²) in [6.45, 7) is 0. The minimum absolute atomic E-state index is 0.364. The van der Waals surface area contributed by atoms with E-state index in [9.17, 15) is 4.79 Å². The van der Waals surface area contributed by atoms with Crippen LogP contribution in [0.1, 0.15) is 21.5 Å². The van der Waals surface area contributed by atoms with E-state index in [0.29, 0.717) is 22.6 Å². The van der Waals surface area contributed by atoms with Gasteiger partial charge in [0.2, 0.25) is 0 Å². The summed E-state index contributed by atoms with van der Waals surface area (Å²) in [5.41, 5.74) is 4.36. The van der Waals surface area contributed by atoms with Gasteiger partial charge in [-0.1, -0.05) is 66.7 Å². The van der Waals surface area contributed by atoms with E-state index in [2.05, 4.69) is 24.3 Å². The minimum Gasteiger partial charge on any atom is -0.497 e. The van der Waals surface area contributed by atoms with Gasteiger partial charge in [-0.2, -0.15) is 0 Å². The normalized spacial score (nSPS) is 10.7. The van der Waals surface area contributed by atoms with Crippen LogP contribution >= 0.6 is 0 Å². The highest BCUT2D eigenvalue weighted by Crippen LogP contribution is 2.31. The minimum atomic E-state index is -0.460. The number of hydrogen-bond acceptors (Lipinski definition) is 4. The molecule has 3 aromatic rings. The third-order valence-corrected chi connectivity index (χ3v) is 4.42. The summed E-state index contributed by atoms with van der Waals surface area (Å²) in [4.78, 5) is 12.2. The summed E-state index contributed by atoms with van der Waals surface area (Å²) in [5.74, 6) is 0.549. The lowest BCUT2D eigenvalue weighted by atomic mass is 10.0. The first-order valence-electron chi connectivity index (χ1n) is 8.84. The van der Waals surface area contributed by atoms with Crippen LogP contribution in [0.3, 0.4) is 0 Å². The Hall–Kier alpha value is -3.53. The molecule has 0 bridgehead atoms. The van der Waals surface area contributed by atoms with E-state index >= 15 is 0 Å². The highest BCUT2D eigenvalue weighted by Gasteiger charge is 2.18. The van der Waals surface area contributed by atoms with E-state index in [0.717, 1.165) is 11.1 Å². The Kier molecular flexibility index (Phi) is 6.12. The molecule has 0 N–H and O–H groups in total. The van der Waals surface area contributed by atoms with Crippen molar-refractivity contribution in [2.24, 2.45) is 0 Å². The molecule has 0 fully saturated rings. The Balaban J connectivity index is 1.94. The molecule has 0 heterocycles. The quantitative estimate of drug-likeness (QED) is 0.432. The summed E-state index contributed by atoms with van der Waals surface area (Å²) in [6.07, 6.45) is 3.80. The van der Waals surface area contributed by atoms with E-state index in [1.54, 1.807) is 19.2 Å². The molecule has 0 aliphatic rings. The maximum Gasteiger partial charge on any atom is 0.342 e. The van der Waals surface area contributed by atoms with Gasteiger partial charge in [-0.25, -0.2) is 4.79 Å². The molecular weight excluding hydrogens is 352 g/mol. The molecule has 0 saturated heterocycles. The maximum atomic E-state index is 12.2. The Morgan fingerprint density at radius 2 is 1.46 bits per heavy atom. The van der Waals surface area contributed by atoms with Gasteiger partial charge in [0.25, 0.3) is 0 Å².